The number of hydrogen-bond donors (Lipinski definition) is 2. The van der Waals surface area contributed by atoms with E-state index in [-0.39, 0.29) is 24.4 Å². The normalized spacial score (nSPS) is 18.9. The first-order chi connectivity index (χ1) is 20.8. The fourth-order valence-corrected chi connectivity index (χ4v) is 5.72. The molecule has 9 nitrogen and oxygen atoms in total. The predicted octanol–water partition coefficient (Wildman–Crippen LogP) is 4.36. The third kappa shape index (κ3) is 6.12. The van der Waals surface area contributed by atoms with E-state index < -0.39 is 5.41 Å². The van der Waals surface area contributed by atoms with Crippen molar-refractivity contribution in [1.29, 1.82) is 5.26 Å². The van der Waals surface area contributed by atoms with Crippen LogP contribution in [-0.2, 0) is 23.3 Å². The Morgan fingerprint density at radius 1 is 1.07 bits per heavy atom. The Bertz CT molecular complexity index is 1740. The topological polar surface area (TPSA) is 120 Å². The van der Waals surface area contributed by atoms with Crippen LogP contribution in [0.4, 0.5) is 0 Å². The van der Waals surface area contributed by atoms with Crippen LogP contribution in [0.15, 0.2) is 66.9 Å². The van der Waals surface area contributed by atoms with Gasteiger partial charge in [0.15, 0.2) is 0 Å². The third-order valence-corrected chi connectivity index (χ3v) is 8.40. The molecule has 2 N–H and O–H groups in total. The van der Waals surface area contributed by atoms with Crippen LogP contribution in [0, 0.1) is 11.3 Å². The average Bonchev–Trinajstić information content (AvgIpc) is 3.04. The molecule has 1 saturated heterocycles. The quantitative estimate of drug-likeness (QED) is 0.351. The molecular formula is C34H34N6O3. The number of amides is 2. The van der Waals surface area contributed by atoms with Crippen molar-refractivity contribution in [3.8, 4) is 17.3 Å². The van der Waals surface area contributed by atoms with Gasteiger partial charge in [-0.05, 0) is 93.5 Å². The summed E-state index contributed by atoms with van der Waals surface area (Å²) in [7, 11) is 2.10. The number of benzene rings is 2. The Hall–Kier alpha value is -4.65. The van der Waals surface area contributed by atoms with Crippen molar-refractivity contribution in [3.05, 3.63) is 94.8 Å². The minimum absolute atomic E-state index is 0.0658. The second kappa shape index (κ2) is 11.9. The van der Waals surface area contributed by atoms with E-state index >= 15 is 0 Å². The number of nitriles is 1. The number of nitrogens with one attached hydrogen (secondary N) is 2. The van der Waals surface area contributed by atoms with Crippen molar-refractivity contribution in [1.82, 2.24) is 25.5 Å². The molecule has 2 aromatic heterocycles. The number of rotatable bonds is 6. The Morgan fingerprint density at radius 3 is 2.70 bits per heavy atom. The van der Waals surface area contributed by atoms with Gasteiger partial charge >= 0.3 is 0 Å². The first-order valence-corrected chi connectivity index (χ1v) is 14.6. The smallest absolute Gasteiger partial charge is 0.251 e. The van der Waals surface area contributed by atoms with E-state index in [0.717, 1.165) is 59.2 Å². The summed E-state index contributed by atoms with van der Waals surface area (Å²) in [5.74, 6) is -0.308. The molecule has 0 spiro atoms. The largest absolute Gasteiger partial charge is 0.375 e. The van der Waals surface area contributed by atoms with E-state index in [0.29, 0.717) is 30.0 Å². The van der Waals surface area contributed by atoms with Crippen LogP contribution in [0.5, 0.6) is 0 Å². The zero-order chi connectivity index (χ0) is 30.0. The lowest BCUT2D eigenvalue weighted by molar-refractivity contribution is 0.0757. The molecule has 0 bridgehead atoms. The van der Waals surface area contributed by atoms with Gasteiger partial charge in [-0.1, -0.05) is 18.2 Å². The summed E-state index contributed by atoms with van der Waals surface area (Å²) in [5, 5.41) is 16.7. The lowest BCUT2D eigenvalue weighted by atomic mass is 9.79. The number of piperidine rings is 1. The lowest BCUT2D eigenvalue weighted by Crippen LogP contribution is -2.43. The van der Waals surface area contributed by atoms with Gasteiger partial charge in [0.1, 0.15) is 5.41 Å². The monoisotopic (exact) mass is 574 g/mol. The summed E-state index contributed by atoms with van der Waals surface area (Å²) in [5.41, 5.74) is 5.09. The van der Waals surface area contributed by atoms with Crippen molar-refractivity contribution in [2.45, 2.75) is 44.4 Å². The fourth-order valence-electron chi connectivity index (χ4n) is 5.72. The second-order valence-electron chi connectivity index (χ2n) is 11.7. The molecule has 0 unspecified atom stereocenters. The number of ether oxygens (including phenoxy) is 1. The van der Waals surface area contributed by atoms with E-state index in [1.165, 1.54) is 0 Å². The maximum Gasteiger partial charge on any atom is 0.251 e. The maximum absolute atomic E-state index is 13.0. The number of nitrogens with zero attached hydrogens (tertiary/aromatic N) is 4. The minimum Gasteiger partial charge on any atom is -0.375 e. The molecule has 0 saturated carbocycles. The van der Waals surface area contributed by atoms with E-state index in [4.69, 9.17) is 9.72 Å². The van der Waals surface area contributed by atoms with E-state index in [9.17, 15) is 14.9 Å². The second-order valence-corrected chi connectivity index (χ2v) is 11.7. The first-order valence-electron chi connectivity index (χ1n) is 14.6. The van der Waals surface area contributed by atoms with Gasteiger partial charge in [-0.25, -0.2) is 4.98 Å². The van der Waals surface area contributed by atoms with Crippen LogP contribution in [0.2, 0.25) is 0 Å². The molecule has 0 aliphatic carbocycles. The molecule has 9 heteroatoms. The van der Waals surface area contributed by atoms with Gasteiger partial charge in [0, 0.05) is 34.3 Å². The standard InChI is InChI=1S/C34H34N6O3/c1-34(20-35)21-43-19-26-7-6-24(15-29(26)34)32(41)37-18-28-16-31-25(17-36-28)8-9-30(39-31)22-4-3-5-23(14-22)33(42)38-27-10-12-40(2)13-11-27/h3-9,14-17,27H,10-13,18-19,21H2,1-2H3,(H,37,41)(H,38,42)/t34-/m1/s1. The van der Waals surface area contributed by atoms with E-state index in [1.54, 1.807) is 18.3 Å². The fraction of sp³-hybridized carbons (Fsp3) is 0.324. The molecule has 4 heterocycles. The highest BCUT2D eigenvalue weighted by molar-refractivity contribution is 5.96. The van der Waals surface area contributed by atoms with Crippen molar-refractivity contribution in [2.75, 3.05) is 26.7 Å². The molecule has 2 amide bonds. The van der Waals surface area contributed by atoms with Crippen LogP contribution in [0.3, 0.4) is 0 Å². The Morgan fingerprint density at radius 2 is 1.88 bits per heavy atom. The van der Waals surface area contributed by atoms with Crippen molar-refractivity contribution >= 4 is 22.7 Å². The van der Waals surface area contributed by atoms with Crippen molar-refractivity contribution in [3.63, 3.8) is 0 Å². The first kappa shape index (κ1) is 28.5. The molecule has 2 aliphatic heterocycles. The highest BCUT2D eigenvalue weighted by Crippen LogP contribution is 2.32. The zero-order valence-electron chi connectivity index (χ0n) is 24.4. The highest BCUT2D eigenvalue weighted by atomic mass is 16.5. The predicted molar refractivity (Wildman–Crippen MR) is 163 cm³/mol. The number of aromatic nitrogens is 2. The molecule has 2 aliphatic rings. The minimum atomic E-state index is -0.789. The Balaban J connectivity index is 1.15. The van der Waals surface area contributed by atoms with Crippen LogP contribution in [0.1, 0.15) is 57.3 Å². The van der Waals surface area contributed by atoms with Crippen LogP contribution in [0.25, 0.3) is 22.2 Å². The highest BCUT2D eigenvalue weighted by Gasteiger charge is 2.33. The van der Waals surface area contributed by atoms with Crippen LogP contribution >= 0.6 is 0 Å². The summed E-state index contributed by atoms with van der Waals surface area (Å²) in [6.07, 6.45) is 3.65. The van der Waals surface area contributed by atoms with Gasteiger partial charge in [-0.15, -0.1) is 0 Å². The molecule has 2 aromatic carbocycles. The van der Waals surface area contributed by atoms with Gasteiger partial charge in [-0.3, -0.25) is 14.6 Å². The molecular weight excluding hydrogens is 540 g/mol. The number of likely N-dealkylation sites (tertiary alicyclic amines) is 1. The van der Waals surface area contributed by atoms with Crippen LogP contribution in [-0.4, -0.2) is 59.5 Å². The molecule has 43 heavy (non-hydrogen) atoms. The van der Waals surface area contributed by atoms with Gasteiger partial charge in [0.05, 0.1) is 42.7 Å². The number of pyridine rings is 2. The van der Waals surface area contributed by atoms with E-state index in [1.807, 2.05) is 55.5 Å². The molecule has 218 valence electrons. The summed E-state index contributed by atoms with van der Waals surface area (Å²) >= 11 is 0. The number of carbonyl (C=O) groups is 2. The number of carbonyl (C=O) groups excluding carboxylic acids is 2. The Labute approximate surface area is 250 Å². The summed E-state index contributed by atoms with van der Waals surface area (Å²) in [6.45, 7) is 4.75. The lowest BCUT2D eigenvalue weighted by Gasteiger charge is -2.30. The summed E-state index contributed by atoms with van der Waals surface area (Å²) in [6, 6.07) is 21.2. The SMILES string of the molecule is CN1CCC(NC(=O)c2cccc(-c3ccc4cnc(CNC(=O)c5ccc6c(c5)[C@](C)(C#N)COC6)cc4n3)c2)CC1. The third-order valence-electron chi connectivity index (χ3n) is 8.40. The van der Waals surface area contributed by atoms with Crippen molar-refractivity contribution in [2.24, 2.45) is 0 Å². The molecule has 4 aromatic rings. The van der Waals surface area contributed by atoms with Gasteiger partial charge in [0.2, 0.25) is 0 Å². The molecule has 0 radical (unpaired) electrons. The van der Waals surface area contributed by atoms with Crippen LogP contribution < -0.4 is 10.6 Å². The van der Waals surface area contributed by atoms with Gasteiger partial charge in [0.25, 0.3) is 11.8 Å². The van der Waals surface area contributed by atoms with Gasteiger partial charge in [-0.2, -0.15) is 5.26 Å². The molecule has 1 fully saturated rings. The number of fused-ring (bicyclic) bond motifs is 2. The molecule has 1 atom stereocenters. The van der Waals surface area contributed by atoms with Gasteiger partial charge < -0.3 is 20.3 Å². The van der Waals surface area contributed by atoms with Crippen molar-refractivity contribution < 1.29 is 14.3 Å². The summed E-state index contributed by atoms with van der Waals surface area (Å²) in [4.78, 5) is 37.6. The maximum atomic E-state index is 13.0. The van der Waals surface area contributed by atoms with E-state index in [2.05, 4.69) is 33.6 Å². The Kier molecular flexibility index (Phi) is 7.89. The zero-order valence-corrected chi connectivity index (χ0v) is 24.4. The average molecular weight is 575 g/mol. The molecule has 6 rings (SSSR count). The number of hydrogen-bond acceptors (Lipinski definition) is 7. The summed E-state index contributed by atoms with van der Waals surface area (Å²) < 4.78 is 5.57.